The molecule has 0 spiro atoms. The normalized spacial score (nSPS) is 24.4. The lowest BCUT2D eigenvalue weighted by atomic mass is 9.82. The Hall–Kier alpha value is -0.875. The predicted molar refractivity (Wildman–Crippen MR) is 73.1 cm³/mol. The lowest BCUT2D eigenvalue weighted by Crippen LogP contribution is -2.55. The Bertz CT molecular complexity index is 375. The van der Waals surface area contributed by atoms with Crippen molar-refractivity contribution in [2.75, 3.05) is 19.7 Å². The Morgan fingerprint density at radius 3 is 2.72 bits per heavy atom. The van der Waals surface area contributed by atoms with Crippen molar-refractivity contribution in [1.29, 1.82) is 0 Å². The first-order chi connectivity index (χ1) is 8.63. The smallest absolute Gasteiger partial charge is 0.374 e. The van der Waals surface area contributed by atoms with Crippen molar-refractivity contribution in [2.24, 2.45) is 0 Å². The summed E-state index contributed by atoms with van der Waals surface area (Å²) in [5, 5.41) is 22.1. The van der Waals surface area contributed by atoms with Gasteiger partial charge in [0.25, 0.3) is 0 Å². The molecule has 0 bridgehead atoms. The Labute approximate surface area is 109 Å². The number of nitrogens with zero attached hydrogens (tertiary/aromatic N) is 1. The van der Waals surface area contributed by atoms with Crippen LogP contribution in [0.15, 0.2) is 30.3 Å². The molecule has 1 aliphatic rings. The van der Waals surface area contributed by atoms with Crippen LogP contribution in [0.2, 0.25) is 6.82 Å². The van der Waals surface area contributed by atoms with Gasteiger partial charge in [-0.3, -0.25) is 4.90 Å². The number of hydrogen-bond acceptors (Lipinski definition) is 4. The number of likely N-dealkylation sites (tertiary alicyclic amines) is 1. The van der Waals surface area contributed by atoms with Crippen LogP contribution >= 0.6 is 0 Å². The van der Waals surface area contributed by atoms with Gasteiger partial charge in [0.05, 0.1) is 6.61 Å². The summed E-state index contributed by atoms with van der Waals surface area (Å²) in [5.41, 5.74) is 0.923. The van der Waals surface area contributed by atoms with E-state index in [1.807, 2.05) is 18.2 Å². The van der Waals surface area contributed by atoms with Gasteiger partial charge in [-0.2, -0.15) is 0 Å². The highest BCUT2D eigenvalue weighted by molar-refractivity contribution is 6.45. The van der Waals surface area contributed by atoms with E-state index in [0.717, 1.165) is 26.1 Å². The van der Waals surface area contributed by atoms with E-state index in [0.29, 0.717) is 0 Å². The van der Waals surface area contributed by atoms with Gasteiger partial charge in [-0.15, -0.1) is 0 Å². The predicted octanol–water partition coefficient (Wildman–Crippen LogP) is 0.323. The summed E-state index contributed by atoms with van der Waals surface area (Å²) in [4.78, 5) is 2.31. The zero-order chi connectivity index (χ0) is 13.0. The Morgan fingerprint density at radius 2 is 2.11 bits per heavy atom. The van der Waals surface area contributed by atoms with Crippen LogP contribution in [0.4, 0.5) is 0 Å². The van der Waals surface area contributed by atoms with E-state index in [1.165, 1.54) is 5.56 Å². The summed E-state index contributed by atoms with van der Waals surface area (Å²) in [5.74, 6) is 0. The maximum atomic E-state index is 9.55. The standard InChI is InChI=1S/C13H21BN2O2/c1-14(18)15-13(11-17)7-8-16(10-13)9-12-5-3-2-4-6-12/h2-6,15,17-18H,7-11H2,1H3. The van der Waals surface area contributed by atoms with E-state index in [1.54, 1.807) is 6.82 Å². The molecule has 0 aliphatic carbocycles. The van der Waals surface area contributed by atoms with Crippen LogP contribution in [0, 0.1) is 0 Å². The molecule has 1 unspecified atom stereocenters. The molecule has 3 N–H and O–H groups in total. The van der Waals surface area contributed by atoms with Gasteiger partial charge in [0.15, 0.2) is 0 Å². The minimum atomic E-state index is -0.589. The summed E-state index contributed by atoms with van der Waals surface area (Å²) in [7, 11) is -0.589. The van der Waals surface area contributed by atoms with Crippen molar-refractivity contribution in [3.05, 3.63) is 35.9 Å². The van der Waals surface area contributed by atoms with Gasteiger partial charge in [0, 0.05) is 25.2 Å². The third-order valence-electron chi connectivity index (χ3n) is 3.50. The zero-order valence-electron chi connectivity index (χ0n) is 10.8. The van der Waals surface area contributed by atoms with Gasteiger partial charge in [0.1, 0.15) is 0 Å². The molecule has 18 heavy (non-hydrogen) atoms. The molecule has 98 valence electrons. The topological polar surface area (TPSA) is 55.7 Å². The molecule has 0 radical (unpaired) electrons. The number of aliphatic hydroxyl groups excluding tert-OH is 1. The van der Waals surface area contributed by atoms with Gasteiger partial charge < -0.3 is 15.4 Å². The van der Waals surface area contributed by atoms with Gasteiger partial charge in [-0.05, 0) is 18.8 Å². The third-order valence-corrected chi connectivity index (χ3v) is 3.50. The zero-order valence-corrected chi connectivity index (χ0v) is 10.8. The first kappa shape index (κ1) is 13.6. The van der Waals surface area contributed by atoms with E-state index < -0.39 is 7.05 Å². The second-order valence-corrected chi connectivity index (χ2v) is 5.21. The van der Waals surface area contributed by atoms with Crippen molar-refractivity contribution in [2.45, 2.75) is 25.3 Å². The van der Waals surface area contributed by atoms with E-state index >= 15 is 0 Å². The first-order valence-electron chi connectivity index (χ1n) is 6.46. The largest absolute Gasteiger partial charge is 0.437 e. The molecule has 0 saturated carbocycles. The lowest BCUT2D eigenvalue weighted by molar-refractivity contribution is 0.174. The highest BCUT2D eigenvalue weighted by atomic mass is 16.3. The minimum Gasteiger partial charge on any atom is -0.437 e. The van der Waals surface area contributed by atoms with Crippen molar-refractivity contribution < 1.29 is 10.1 Å². The van der Waals surface area contributed by atoms with Gasteiger partial charge in [-0.1, -0.05) is 30.3 Å². The molecule has 1 saturated heterocycles. The number of aliphatic hydroxyl groups is 1. The van der Waals surface area contributed by atoms with Crippen molar-refractivity contribution in [1.82, 2.24) is 10.1 Å². The summed E-state index contributed by atoms with van der Waals surface area (Å²) >= 11 is 0. The summed E-state index contributed by atoms with van der Waals surface area (Å²) < 4.78 is 0. The molecule has 4 nitrogen and oxygen atoms in total. The number of benzene rings is 1. The summed E-state index contributed by atoms with van der Waals surface area (Å²) in [6, 6.07) is 10.3. The second kappa shape index (κ2) is 5.84. The fraction of sp³-hybridized carbons (Fsp3) is 0.538. The van der Waals surface area contributed by atoms with Crippen LogP contribution in [-0.2, 0) is 6.54 Å². The Morgan fingerprint density at radius 1 is 1.39 bits per heavy atom. The van der Waals surface area contributed by atoms with Crippen molar-refractivity contribution >= 4 is 7.05 Å². The molecular weight excluding hydrogens is 227 g/mol. The van der Waals surface area contributed by atoms with Crippen LogP contribution in [0.3, 0.4) is 0 Å². The van der Waals surface area contributed by atoms with Crippen LogP contribution in [0.5, 0.6) is 0 Å². The van der Waals surface area contributed by atoms with Gasteiger partial charge in [-0.25, -0.2) is 0 Å². The molecular formula is C13H21BN2O2. The molecule has 1 fully saturated rings. The lowest BCUT2D eigenvalue weighted by Gasteiger charge is -2.29. The first-order valence-corrected chi connectivity index (χ1v) is 6.46. The monoisotopic (exact) mass is 248 g/mol. The second-order valence-electron chi connectivity index (χ2n) is 5.21. The fourth-order valence-corrected chi connectivity index (χ4v) is 2.67. The maximum absolute atomic E-state index is 9.55. The van der Waals surface area contributed by atoms with Gasteiger partial charge in [0.2, 0.25) is 0 Å². The van der Waals surface area contributed by atoms with E-state index in [-0.39, 0.29) is 12.1 Å². The molecule has 1 atom stereocenters. The minimum absolute atomic E-state index is 0.0587. The average Bonchev–Trinajstić information content (AvgIpc) is 2.73. The maximum Gasteiger partial charge on any atom is 0.374 e. The van der Waals surface area contributed by atoms with Crippen molar-refractivity contribution in [3.63, 3.8) is 0 Å². The highest BCUT2D eigenvalue weighted by Crippen LogP contribution is 2.22. The summed E-state index contributed by atoms with van der Waals surface area (Å²) in [6.45, 7) is 4.35. The van der Waals surface area contributed by atoms with Gasteiger partial charge >= 0.3 is 7.05 Å². The van der Waals surface area contributed by atoms with Crippen LogP contribution in [0.1, 0.15) is 12.0 Å². The van der Waals surface area contributed by atoms with E-state index in [9.17, 15) is 10.1 Å². The Balaban J connectivity index is 1.94. The van der Waals surface area contributed by atoms with Crippen LogP contribution in [-0.4, -0.2) is 47.3 Å². The number of rotatable bonds is 5. The third kappa shape index (κ3) is 3.33. The van der Waals surface area contributed by atoms with Crippen molar-refractivity contribution in [3.8, 4) is 0 Å². The average molecular weight is 248 g/mol. The number of hydrogen-bond donors (Lipinski definition) is 3. The van der Waals surface area contributed by atoms with E-state index in [2.05, 4.69) is 22.3 Å². The van der Waals surface area contributed by atoms with Crippen LogP contribution < -0.4 is 5.23 Å². The molecule has 0 amide bonds. The molecule has 1 heterocycles. The summed E-state index contributed by atoms with van der Waals surface area (Å²) in [6.07, 6.45) is 0.862. The quantitative estimate of drug-likeness (QED) is 0.657. The SMILES string of the molecule is CB(O)NC1(CO)CCN(Cc2ccccc2)C1. The molecule has 0 aromatic heterocycles. The highest BCUT2D eigenvalue weighted by Gasteiger charge is 2.38. The fourth-order valence-electron chi connectivity index (χ4n) is 2.67. The molecule has 5 heteroatoms. The molecule has 1 aromatic carbocycles. The molecule has 1 aliphatic heterocycles. The number of nitrogens with one attached hydrogen (secondary N) is 1. The van der Waals surface area contributed by atoms with E-state index in [4.69, 9.17) is 0 Å². The molecule has 2 rings (SSSR count). The van der Waals surface area contributed by atoms with Crippen LogP contribution in [0.25, 0.3) is 0 Å². The molecule has 1 aromatic rings. The Kier molecular flexibility index (Phi) is 4.40.